The van der Waals surface area contributed by atoms with Crippen LogP contribution in [0.25, 0.3) is 10.2 Å². The van der Waals surface area contributed by atoms with Gasteiger partial charge in [0.15, 0.2) is 12.3 Å². The number of aryl methyl sites for hydroxylation is 1. The third-order valence-corrected chi connectivity index (χ3v) is 7.97. The Hall–Kier alpha value is -2.73. The molecule has 0 spiro atoms. The fourth-order valence-electron chi connectivity index (χ4n) is 5.16. The monoisotopic (exact) mass is 548 g/mol. The van der Waals surface area contributed by atoms with Gasteiger partial charge in [-0.05, 0) is 39.0 Å². The van der Waals surface area contributed by atoms with Crippen molar-refractivity contribution in [1.82, 2.24) is 14.8 Å². The molecule has 0 amide bonds. The van der Waals surface area contributed by atoms with Crippen LogP contribution in [0.4, 0.5) is 13.2 Å². The van der Waals surface area contributed by atoms with Gasteiger partial charge in [-0.15, -0.1) is 11.3 Å². The summed E-state index contributed by atoms with van der Waals surface area (Å²) in [5.41, 5.74) is 1.03. The maximum atomic E-state index is 13.5. The molecule has 2 aromatic carbocycles. The predicted molar refractivity (Wildman–Crippen MR) is 140 cm³/mol. The van der Waals surface area contributed by atoms with Crippen LogP contribution in [0.1, 0.15) is 42.5 Å². The minimum atomic E-state index is -4.44. The lowest BCUT2D eigenvalue weighted by Crippen LogP contribution is -2.59. The van der Waals surface area contributed by atoms with Crippen LogP contribution < -0.4 is 4.74 Å². The van der Waals surface area contributed by atoms with Gasteiger partial charge >= 0.3 is 6.18 Å². The van der Waals surface area contributed by atoms with E-state index in [9.17, 15) is 18.3 Å². The maximum Gasteiger partial charge on any atom is 0.416 e. The van der Waals surface area contributed by atoms with Crippen molar-refractivity contribution in [2.24, 2.45) is 5.16 Å². The lowest BCUT2D eigenvalue weighted by atomic mass is 9.98. The minimum Gasteiger partial charge on any atom is -0.472 e. The normalized spacial score (nSPS) is 22.8. The molecular weight excluding hydrogens is 517 g/mol. The van der Waals surface area contributed by atoms with E-state index >= 15 is 0 Å². The second kappa shape index (κ2) is 10.8. The van der Waals surface area contributed by atoms with Crippen LogP contribution >= 0.6 is 11.3 Å². The van der Waals surface area contributed by atoms with E-state index in [4.69, 9.17) is 9.57 Å². The van der Waals surface area contributed by atoms with Crippen molar-refractivity contribution >= 4 is 27.3 Å². The molecule has 5 rings (SSSR count). The highest BCUT2D eigenvalue weighted by Crippen LogP contribution is 2.38. The number of nitrogens with zero attached hydrogens (tertiary/aromatic N) is 4. The van der Waals surface area contributed by atoms with Crippen molar-refractivity contribution in [2.45, 2.75) is 57.8 Å². The fraction of sp³-hybridized carbons (Fsp3) is 0.481. The molecule has 1 fully saturated rings. The van der Waals surface area contributed by atoms with E-state index in [0.717, 1.165) is 27.0 Å². The second-order valence-corrected chi connectivity index (χ2v) is 11.2. The first-order chi connectivity index (χ1) is 18.1. The highest BCUT2D eigenvalue weighted by atomic mass is 32.1. The Morgan fingerprint density at radius 3 is 2.74 bits per heavy atom. The van der Waals surface area contributed by atoms with Crippen LogP contribution in [0.3, 0.4) is 0 Å². The van der Waals surface area contributed by atoms with Crippen molar-refractivity contribution in [3.8, 4) is 5.75 Å². The summed E-state index contributed by atoms with van der Waals surface area (Å²) in [6, 6.07) is 11.4. The van der Waals surface area contributed by atoms with Crippen LogP contribution in [0.15, 0.2) is 47.6 Å². The SMILES string of the molecule is Cc1nc2cc(OC([C@@H](C)O)N3CCN(CC4=NOC(c5ccccc5C(F)(F)F)C4)[C@@H](C)C3)ccc2s1. The Balaban J connectivity index is 1.19. The van der Waals surface area contributed by atoms with Gasteiger partial charge in [0.1, 0.15) is 11.9 Å². The molecule has 2 aliphatic heterocycles. The Bertz CT molecular complexity index is 1310. The molecule has 1 N–H and O–H groups in total. The summed E-state index contributed by atoms with van der Waals surface area (Å²) in [5, 5.41) is 15.7. The number of hydrogen-bond acceptors (Lipinski definition) is 8. The molecule has 2 aliphatic rings. The molecule has 0 radical (unpaired) electrons. The van der Waals surface area contributed by atoms with Crippen LogP contribution in [-0.2, 0) is 11.0 Å². The first-order valence-corrected chi connectivity index (χ1v) is 13.5. The average Bonchev–Trinajstić information content (AvgIpc) is 3.48. The summed E-state index contributed by atoms with van der Waals surface area (Å²) in [4.78, 5) is 14.3. The molecule has 11 heteroatoms. The summed E-state index contributed by atoms with van der Waals surface area (Å²) in [7, 11) is 0. The molecule has 4 atom stereocenters. The zero-order valence-corrected chi connectivity index (χ0v) is 22.3. The number of aliphatic hydroxyl groups excluding tert-OH is 1. The molecule has 2 unspecified atom stereocenters. The fourth-order valence-corrected chi connectivity index (χ4v) is 5.97. The Morgan fingerprint density at radius 2 is 2.00 bits per heavy atom. The first-order valence-electron chi connectivity index (χ1n) is 12.7. The molecule has 204 valence electrons. The Labute approximate surface area is 223 Å². The number of aliphatic hydroxyl groups is 1. The van der Waals surface area contributed by atoms with Gasteiger partial charge in [0.2, 0.25) is 0 Å². The van der Waals surface area contributed by atoms with E-state index in [0.29, 0.717) is 38.3 Å². The van der Waals surface area contributed by atoms with Gasteiger partial charge < -0.3 is 14.7 Å². The van der Waals surface area contributed by atoms with Gasteiger partial charge in [-0.2, -0.15) is 13.2 Å². The van der Waals surface area contributed by atoms with Crippen LogP contribution in [-0.4, -0.2) is 70.2 Å². The third kappa shape index (κ3) is 5.80. The summed E-state index contributed by atoms with van der Waals surface area (Å²) >= 11 is 1.63. The third-order valence-electron chi connectivity index (χ3n) is 7.02. The van der Waals surface area contributed by atoms with E-state index in [-0.39, 0.29) is 11.6 Å². The van der Waals surface area contributed by atoms with Crippen molar-refractivity contribution in [2.75, 3.05) is 26.2 Å². The van der Waals surface area contributed by atoms with Crippen LogP contribution in [0, 0.1) is 6.92 Å². The highest BCUT2D eigenvalue weighted by Gasteiger charge is 2.38. The summed E-state index contributed by atoms with van der Waals surface area (Å²) in [6.07, 6.45) is -6.11. The summed E-state index contributed by atoms with van der Waals surface area (Å²) in [5.74, 6) is 0.659. The van der Waals surface area contributed by atoms with Crippen molar-refractivity contribution in [1.29, 1.82) is 0 Å². The molecule has 3 heterocycles. The molecule has 1 saturated heterocycles. The van der Waals surface area contributed by atoms with E-state index < -0.39 is 30.2 Å². The van der Waals surface area contributed by atoms with Crippen molar-refractivity contribution in [3.63, 3.8) is 0 Å². The van der Waals surface area contributed by atoms with Gasteiger partial charge in [-0.1, -0.05) is 23.4 Å². The van der Waals surface area contributed by atoms with E-state index in [2.05, 4.69) is 26.9 Å². The first kappa shape index (κ1) is 26.9. The van der Waals surface area contributed by atoms with Gasteiger partial charge in [-0.25, -0.2) is 4.98 Å². The Kier molecular flexibility index (Phi) is 7.63. The molecule has 0 bridgehead atoms. The largest absolute Gasteiger partial charge is 0.472 e. The topological polar surface area (TPSA) is 70.4 Å². The van der Waals surface area contributed by atoms with Crippen molar-refractivity contribution < 1.29 is 27.9 Å². The van der Waals surface area contributed by atoms with Crippen LogP contribution in [0.5, 0.6) is 5.75 Å². The number of halogens is 3. The highest BCUT2D eigenvalue weighted by molar-refractivity contribution is 7.18. The molecule has 38 heavy (non-hydrogen) atoms. The summed E-state index contributed by atoms with van der Waals surface area (Å²) < 4.78 is 47.7. The number of oxime groups is 1. The molecule has 1 aromatic heterocycles. The Morgan fingerprint density at radius 1 is 1.21 bits per heavy atom. The smallest absolute Gasteiger partial charge is 0.416 e. The minimum absolute atomic E-state index is 0.111. The number of rotatable bonds is 7. The van der Waals surface area contributed by atoms with Crippen LogP contribution in [0.2, 0.25) is 0 Å². The molecule has 0 aliphatic carbocycles. The summed E-state index contributed by atoms with van der Waals surface area (Å²) in [6.45, 7) is 8.30. The zero-order valence-electron chi connectivity index (χ0n) is 21.5. The standard InChI is InChI=1S/C27H31F3N4O3S/c1-16-14-34(26(17(2)35)36-20-8-9-25-23(13-20)31-18(3)38-25)11-10-33(16)15-19-12-24(37-32-19)21-6-4-5-7-22(21)27(28,29)30/h4-9,13,16-17,24,26,35H,10-12,14-15H2,1-3H3/t16-,17+,24?,26?/m0/s1. The number of alkyl halides is 3. The lowest BCUT2D eigenvalue weighted by Gasteiger charge is -2.43. The van der Waals surface area contributed by atoms with Crippen molar-refractivity contribution in [3.05, 3.63) is 58.6 Å². The van der Waals surface area contributed by atoms with Gasteiger partial charge in [0, 0.05) is 50.3 Å². The lowest BCUT2D eigenvalue weighted by molar-refractivity contribution is -0.139. The van der Waals surface area contributed by atoms with Gasteiger partial charge in [-0.3, -0.25) is 9.80 Å². The molecular formula is C27H31F3N4O3S. The number of ether oxygens (including phenoxy) is 1. The second-order valence-electron chi connectivity index (χ2n) is 9.97. The predicted octanol–water partition coefficient (Wildman–Crippen LogP) is 5.23. The molecule has 0 saturated carbocycles. The number of fused-ring (bicyclic) bond motifs is 1. The molecule has 7 nitrogen and oxygen atoms in total. The average molecular weight is 549 g/mol. The van der Waals surface area contributed by atoms with Gasteiger partial charge in [0.25, 0.3) is 0 Å². The van der Waals surface area contributed by atoms with E-state index in [1.54, 1.807) is 24.3 Å². The molecule has 3 aromatic rings. The van der Waals surface area contributed by atoms with E-state index in [1.807, 2.05) is 25.1 Å². The quantitative estimate of drug-likeness (QED) is 0.436. The number of benzene rings is 2. The van der Waals surface area contributed by atoms with Gasteiger partial charge in [0.05, 0.1) is 26.5 Å². The number of hydrogen-bond donors (Lipinski definition) is 1. The number of thiazole rings is 1. The number of piperazine rings is 1. The number of aromatic nitrogens is 1. The maximum absolute atomic E-state index is 13.5. The van der Waals surface area contributed by atoms with E-state index in [1.165, 1.54) is 12.1 Å². The zero-order chi connectivity index (χ0) is 27.0.